The predicted octanol–water partition coefficient (Wildman–Crippen LogP) is 7.57. The topological polar surface area (TPSA) is 207 Å². The molecule has 18 heteroatoms. The van der Waals surface area contributed by atoms with Crippen molar-refractivity contribution in [3.05, 3.63) is 149 Å². The third-order valence-corrected chi connectivity index (χ3v) is 12.7. The van der Waals surface area contributed by atoms with Gasteiger partial charge >= 0.3 is 5.97 Å². The molecule has 15 nitrogen and oxygen atoms in total. The van der Waals surface area contributed by atoms with Crippen molar-refractivity contribution in [3.63, 3.8) is 0 Å². The van der Waals surface area contributed by atoms with Gasteiger partial charge in [-0.2, -0.15) is 0 Å². The molecule has 8 rings (SSSR count). The zero-order valence-corrected chi connectivity index (χ0v) is 38.1. The summed E-state index contributed by atoms with van der Waals surface area (Å²) in [7, 11) is 3.69. The van der Waals surface area contributed by atoms with Crippen molar-refractivity contribution >= 4 is 72.7 Å². The van der Waals surface area contributed by atoms with Crippen LogP contribution >= 0.6 is 0 Å². The zero-order valence-electron chi connectivity index (χ0n) is 37.3. The Morgan fingerprint density at radius 2 is 1.60 bits per heavy atom. The van der Waals surface area contributed by atoms with Crippen LogP contribution < -0.4 is 30.2 Å². The lowest BCUT2D eigenvalue weighted by Crippen LogP contribution is -2.33. The predicted molar refractivity (Wildman–Crippen MR) is 257 cm³/mol. The number of benzene rings is 5. The third-order valence-electron chi connectivity index (χ3n) is 11.2. The standard InChI is InChI=1S/C50H43F2N7O8S/c1-6-19-68(65,66)57-40-18-17-39(51)45(46(40)52)47(61)38-25-54-48-36(38)21-29(24-53-48)27-7-10-30(11-8-27)56-43(60)26-55-49(62)28-9-14-33(37(20-28)50(63)64)44-34-15-12-31(58(2)3)22-41(34)67-42-23-32(59(4)5)13-16-35(42)44/h7-18,20-25,55,57H,6,19,26H2,1-5H3,(H2,62,63,64)/p+1. The van der Waals surface area contributed by atoms with Gasteiger partial charge in [0.1, 0.15) is 36.9 Å². The number of amides is 2. The Kier molecular flexibility index (Phi) is 12.6. The lowest BCUT2D eigenvalue weighted by molar-refractivity contribution is -0.115. The number of carboxylic acids is 1. The molecule has 0 saturated carbocycles. The molecule has 3 heterocycles. The van der Waals surface area contributed by atoms with Gasteiger partial charge < -0.3 is 30.0 Å². The number of nitrogens with one attached hydrogen (secondary N) is 4. The van der Waals surface area contributed by atoms with Crippen LogP contribution in [0.2, 0.25) is 0 Å². The highest BCUT2D eigenvalue weighted by Crippen LogP contribution is 2.42. The molecule has 5 N–H and O–H groups in total. The molecule has 0 bridgehead atoms. The Bertz CT molecular complexity index is 3510. The molecular formula is C50H44F2N7O8S+. The minimum atomic E-state index is -3.94. The molecule has 346 valence electrons. The van der Waals surface area contributed by atoms with Crippen LogP contribution in [0.4, 0.5) is 25.8 Å². The maximum atomic E-state index is 15.5. The van der Waals surface area contributed by atoms with Crippen molar-refractivity contribution in [2.75, 3.05) is 55.4 Å². The van der Waals surface area contributed by atoms with Gasteiger partial charge in [-0.25, -0.2) is 31.6 Å². The van der Waals surface area contributed by atoms with Crippen LogP contribution in [0.25, 0.3) is 55.6 Å². The largest absolute Gasteiger partial charge is 0.478 e. The highest BCUT2D eigenvalue weighted by Gasteiger charge is 2.27. The van der Waals surface area contributed by atoms with Crippen LogP contribution in [0.1, 0.15) is 50.0 Å². The van der Waals surface area contributed by atoms with Crippen LogP contribution in [0.3, 0.4) is 0 Å². The number of fused-ring (bicyclic) bond motifs is 3. The first-order chi connectivity index (χ1) is 32.4. The molecule has 2 aromatic heterocycles. The van der Waals surface area contributed by atoms with E-state index in [1.807, 2.05) is 74.1 Å². The summed E-state index contributed by atoms with van der Waals surface area (Å²) in [6.07, 6.45) is 3.04. The van der Waals surface area contributed by atoms with Gasteiger partial charge in [-0.3, -0.25) is 19.1 Å². The number of carbonyl (C=O) groups excluding carboxylic acids is 3. The van der Waals surface area contributed by atoms with Gasteiger partial charge in [-0.1, -0.05) is 25.1 Å². The molecule has 0 fully saturated rings. The number of aromatic amines is 1. The Balaban J connectivity index is 0.975. The second kappa shape index (κ2) is 18.6. The number of aromatic carboxylic acids is 1. The summed E-state index contributed by atoms with van der Waals surface area (Å²) in [5, 5.41) is 17.5. The van der Waals surface area contributed by atoms with E-state index in [2.05, 4.69) is 25.3 Å². The van der Waals surface area contributed by atoms with Gasteiger partial charge in [0.05, 0.1) is 35.2 Å². The molecule has 1 aliphatic heterocycles. The lowest BCUT2D eigenvalue weighted by Gasteiger charge is -2.19. The quantitative estimate of drug-likeness (QED) is 0.0411. The molecule has 4 aromatic carbocycles. The smallest absolute Gasteiger partial charge is 0.336 e. The Labute approximate surface area is 388 Å². The number of halogens is 2. The van der Waals surface area contributed by atoms with E-state index in [4.69, 9.17) is 4.42 Å². The van der Waals surface area contributed by atoms with Gasteiger partial charge in [-0.15, -0.1) is 0 Å². The average Bonchev–Trinajstić information content (AvgIpc) is 3.74. The Morgan fingerprint density at radius 1 is 0.853 bits per heavy atom. The van der Waals surface area contributed by atoms with E-state index in [1.54, 1.807) is 43.3 Å². The second-order valence-corrected chi connectivity index (χ2v) is 18.2. The first-order valence-corrected chi connectivity index (χ1v) is 22.8. The van der Waals surface area contributed by atoms with E-state index in [0.717, 1.165) is 23.2 Å². The molecule has 2 aliphatic rings. The summed E-state index contributed by atoms with van der Waals surface area (Å²) in [5.41, 5.74) is 3.16. The first-order valence-electron chi connectivity index (χ1n) is 21.2. The average molecular weight is 941 g/mol. The molecule has 0 spiro atoms. The molecule has 0 radical (unpaired) electrons. The minimum Gasteiger partial charge on any atom is -0.478 e. The number of carboxylic acid groups (broad SMARTS) is 1. The van der Waals surface area contributed by atoms with Gasteiger partial charge in [0.2, 0.25) is 27.1 Å². The van der Waals surface area contributed by atoms with Crippen LogP contribution in [0.5, 0.6) is 0 Å². The number of anilines is 3. The summed E-state index contributed by atoms with van der Waals surface area (Å²) in [6, 6.07) is 25.6. The number of nitrogens with zero attached hydrogens (tertiary/aromatic N) is 3. The Hall–Kier alpha value is -8.25. The number of aromatic nitrogens is 2. The molecular weight excluding hydrogens is 897 g/mol. The van der Waals surface area contributed by atoms with E-state index in [9.17, 15) is 37.1 Å². The van der Waals surface area contributed by atoms with Gasteiger partial charge in [0, 0.05) is 88.6 Å². The number of pyridine rings is 1. The normalized spacial score (nSPS) is 11.5. The monoisotopic (exact) mass is 940 g/mol. The fraction of sp³-hybridized carbons (Fsp3) is 0.160. The number of H-pyrrole nitrogens is 1. The molecule has 0 atom stereocenters. The summed E-state index contributed by atoms with van der Waals surface area (Å²) >= 11 is 0. The van der Waals surface area contributed by atoms with Crippen molar-refractivity contribution < 1.29 is 45.9 Å². The zero-order chi connectivity index (χ0) is 48.6. The molecule has 6 aromatic rings. The summed E-state index contributed by atoms with van der Waals surface area (Å²) in [5.74, 6) is -5.81. The highest BCUT2D eigenvalue weighted by molar-refractivity contribution is 7.92. The molecule has 2 amide bonds. The number of ketones is 1. The number of hydrogen-bond donors (Lipinski definition) is 5. The molecule has 68 heavy (non-hydrogen) atoms. The van der Waals surface area contributed by atoms with E-state index < -0.39 is 63.0 Å². The fourth-order valence-electron chi connectivity index (χ4n) is 7.82. The minimum absolute atomic E-state index is 0.0267. The maximum absolute atomic E-state index is 15.5. The molecule has 0 unspecified atom stereocenters. The summed E-state index contributed by atoms with van der Waals surface area (Å²) in [6.45, 7) is 1.18. The van der Waals surface area contributed by atoms with E-state index in [-0.39, 0.29) is 39.9 Å². The van der Waals surface area contributed by atoms with Crippen molar-refractivity contribution in [1.29, 1.82) is 0 Å². The van der Waals surface area contributed by atoms with Crippen molar-refractivity contribution in [2.24, 2.45) is 0 Å². The first kappa shape index (κ1) is 46.3. The number of sulfonamides is 1. The van der Waals surface area contributed by atoms with Gasteiger partial charge in [-0.05, 0) is 78.2 Å². The van der Waals surface area contributed by atoms with Crippen molar-refractivity contribution in [2.45, 2.75) is 13.3 Å². The van der Waals surface area contributed by atoms with Crippen molar-refractivity contribution in [3.8, 4) is 33.6 Å². The number of rotatable bonds is 14. The van der Waals surface area contributed by atoms with Crippen LogP contribution in [0, 0.1) is 11.6 Å². The number of carbonyl (C=O) groups is 4. The third kappa shape index (κ3) is 9.26. The lowest BCUT2D eigenvalue weighted by atomic mass is 9.89. The fourth-order valence-corrected chi connectivity index (χ4v) is 8.95. The molecule has 0 saturated heterocycles. The van der Waals surface area contributed by atoms with Crippen LogP contribution in [-0.4, -0.2) is 87.5 Å². The number of hydrogen-bond acceptors (Lipinski definition) is 9. The van der Waals surface area contributed by atoms with E-state index >= 15 is 4.39 Å². The van der Waals surface area contributed by atoms with Crippen LogP contribution in [0.15, 0.2) is 114 Å². The van der Waals surface area contributed by atoms with Crippen LogP contribution in [-0.2, 0) is 14.8 Å². The van der Waals surface area contributed by atoms with E-state index in [0.29, 0.717) is 50.2 Å². The molecule has 1 aliphatic carbocycles. The Morgan fingerprint density at radius 3 is 2.31 bits per heavy atom. The second-order valence-electron chi connectivity index (χ2n) is 16.4. The SMILES string of the molecule is CCCS(=O)(=O)Nc1ccc(F)c(C(=O)c2c[nH]c3ncc(-c4ccc(NC(=O)CNC(=O)c5ccc(-c6c7ccc(=[N+](C)C)cc-7oc7cc(N(C)C)ccc67)c(C(=O)O)c5)cc4)cc23)c1F. The maximum Gasteiger partial charge on any atom is 0.336 e. The van der Waals surface area contributed by atoms with Gasteiger partial charge in [0.25, 0.3) is 5.91 Å². The summed E-state index contributed by atoms with van der Waals surface area (Å²) < 4.78 is 65.5. The van der Waals surface area contributed by atoms with Crippen molar-refractivity contribution in [1.82, 2.24) is 19.9 Å². The van der Waals surface area contributed by atoms with E-state index in [1.165, 1.54) is 24.5 Å². The summed E-state index contributed by atoms with van der Waals surface area (Å²) in [4.78, 5) is 62.0. The van der Waals surface area contributed by atoms with Gasteiger partial charge in [0.15, 0.2) is 5.82 Å². The highest BCUT2D eigenvalue weighted by atomic mass is 32.2.